The molecule has 0 aliphatic carbocycles. The lowest BCUT2D eigenvalue weighted by Crippen LogP contribution is -2.11. The molecule has 2 rings (SSSR count). The van der Waals surface area contributed by atoms with E-state index in [1.54, 1.807) is 17.9 Å². The van der Waals surface area contributed by atoms with Crippen LogP contribution in [0.1, 0.15) is 30.2 Å². The zero-order valence-electron chi connectivity index (χ0n) is 9.41. The molecule has 0 amide bonds. The summed E-state index contributed by atoms with van der Waals surface area (Å²) in [6, 6.07) is 9.93. The van der Waals surface area contributed by atoms with E-state index in [4.69, 9.17) is 0 Å². The molecule has 0 saturated heterocycles. The number of rotatable bonds is 3. The number of aliphatic hydroxyl groups excluding tert-OH is 1. The maximum atomic E-state index is 10.2. The molecule has 0 spiro atoms. The van der Waals surface area contributed by atoms with E-state index in [0.717, 1.165) is 11.3 Å². The van der Waals surface area contributed by atoms with Gasteiger partial charge in [-0.1, -0.05) is 42.5 Å². The summed E-state index contributed by atoms with van der Waals surface area (Å²) in [7, 11) is 1.78. The smallest absolute Gasteiger partial charge is 0.104 e. The van der Waals surface area contributed by atoms with Crippen molar-refractivity contribution in [1.82, 2.24) is 15.0 Å². The second-order valence-electron chi connectivity index (χ2n) is 3.93. The van der Waals surface area contributed by atoms with Crippen molar-refractivity contribution in [2.45, 2.75) is 18.9 Å². The lowest BCUT2D eigenvalue weighted by Gasteiger charge is -2.18. The number of aliphatic hydroxyl groups is 1. The van der Waals surface area contributed by atoms with Gasteiger partial charge < -0.3 is 5.11 Å². The first-order valence-electron chi connectivity index (χ1n) is 5.27. The lowest BCUT2D eigenvalue weighted by molar-refractivity contribution is 0.142. The molecule has 0 aliphatic rings. The van der Waals surface area contributed by atoms with Crippen LogP contribution in [0.25, 0.3) is 0 Å². The summed E-state index contributed by atoms with van der Waals surface area (Å²) in [6.07, 6.45) is 1.02. The molecule has 4 heteroatoms. The minimum absolute atomic E-state index is 0.0263. The number of hydrogen-bond donors (Lipinski definition) is 1. The molecule has 1 aromatic carbocycles. The summed E-state index contributed by atoms with van der Waals surface area (Å²) < 4.78 is 1.60. The fourth-order valence-electron chi connectivity index (χ4n) is 1.76. The Morgan fingerprint density at radius 1 is 1.25 bits per heavy atom. The maximum Gasteiger partial charge on any atom is 0.104 e. The van der Waals surface area contributed by atoms with Gasteiger partial charge in [-0.2, -0.15) is 0 Å². The molecule has 0 aliphatic heterocycles. The molecular formula is C12H15N3O. The highest BCUT2D eigenvalue weighted by Crippen LogP contribution is 2.29. The molecule has 1 heterocycles. The Bertz CT molecular complexity index is 452. The molecule has 16 heavy (non-hydrogen) atoms. The average molecular weight is 217 g/mol. The summed E-state index contributed by atoms with van der Waals surface area (Å²) in [5, 5.41) is 17.8. The van der Waals surface area contributed by atoms with Crippen LogP contribution in [0, 0.1) is 0 Å². The normalized spacial score (nSPS) is 14.7. The van der Waals surface area contributed by atoms with Crippen LogP contribution >= 0.6 is 0 Å². The van der Waals surface area contributed by atoms with Crippen LogP contribution in [-0.4, -0.2) is 20.1 Å². The van der Waals surface area contributed by atoms with E-state index in [0.29, 0.717) is 0 Å². The van der Waals surface area contributed by atoms with E-state index in [9.17, 15) is 5.11 Å². The Balaban J connectivity index is 2.23. The number of benzene rings is 1. The molecule has 4 nitrogen and oxygen atoms in total. The van der Waals surface area contributed by atoms with Crippen LogP contribution in [0.3, 0.4) is 0 Å². The van der Waals surface area contributed by atoms with Gasteiger partial charge in [0.25, 0.3) is 0 Å². The second kappa shape index (κ2) is 4.45. The van der Waals surface area contributed by atoms with Gasteiger partial charge in [-0.05, 0) is 5.56 Å². The van der Waals surface area contributed by atoms with Crippen molar-refractivity contribution in [2.75, 3.05) is 0 Å². The van der Waals surface area contributed by atoms with Crippen LogP contribution in [0.15, 0.2) is 36.5 Å². The molecule has 0 radical (unpaired) electrons. The third-order valence-corrected chi connectivity index (χ3v) is 2.85. The van der Waals surface area contributed by atoms with E-state index in [2.05, 4.69) is 10.3 Å². The Labute approximate surface area is 94.5 Å². The van der Waals surface area contributed by atoms with Crippen molar-refractivity contribution >= 4 is 0 Å². The SMILES string of the molecule is CC(c1ccccc1)C(O)c1cnnn1C. The Hall–Kier alpha value is -1.68. The van der Waals surface area contributed by atoms with Crippen LogP contribution in [0.5, 0.6) is 0 Å². The first-order chi connectivity index (χ1) is 7.70. The van der Waals surface area contributed by atoms with Gasteiger partial charge in [0.2, 0.25) is 0 Å². The largest absolute Gasteiger partial charge is 0.386 e. The van der Waals surface area contributed by atoms with E-state index in [1.165, 1.54) is 0 Å². The minimum atomic E-state index is -0.581. The highest BCUT2D eigenvalue weighted by Gasteiger charge is 2.20. The topological polar surface area (TPSA) is 50.9 Å². The fourth-order valence-corrected chi connectivity index (χ4v) is 1.76. The van der Waals surface area contributed by atoms with E-state index in [1.807, 2.05) is 37.3 Å². The zero-order chi connectivity index (χ0) is 11.5. The van der Waals surface area contributed by atoms with E-state index < -0.39 is 6.10 Å². The van der Waals surface area contributed by atoms with Gasteiger partial charge in [0.15, 0.2) is 0 Å². The number of aryl methyl sites for hydroxylation is 1. The first kappa shape index (κ1) is 10.8. The molecule has 1 N–H and O–H groups in total. The highest BCUT2D eigenvalue weighted by atomic mass is 16.3. The van der Waals surface area contributed by atoms with Crippen LogP contribution in [0.2, 0.25) is 0 Å². The quantitative estimate of drug-likeness (QED) is 0.850. The number of aromatic nitrogens is 3. The Morgan fingerprint density at radius 2 is 1.94 bits per heavy atom. The van der Waals surface area contributed by atoms with Crippen LogP contribution in [-0.2, 0) is 7.05 Å². The van der Waals surface area contributed by atoms with Gasteiger partial charge in [-0.3, -0.25) is 0 Å². The first-order valence-corrected chi connectivity index (χ1v) is 5.27. The van der Waals surface area contributed by atoms with Crippen molar-refractivity contribution in [3.05, 3.63) is 47.8 Å². The van der Waals surface area contributed by atoms with E-state index >= 15 is 0 Å². The summed E-state index contributed by atoms with van der Waals surface area (Å²) in [6.45, 7) is 1.99. The molecule has 2 aromatic rings. The molecular weight excluding hydrogens is 202 g/mol. The third-order valence-electron chi connectivity index (χ3n) is 2.85. The molecule has 0 bridgehead atoms. The lowest BCUT2D eigenvalue weighted by atomic mass is 9.94. The summed E-state index contributed by atoms with van der Waals surface area (Å²) in [4.78, 5) is 0. The van der Waals surface area contributed by atoms with Crippen molar-refractivity contribution in [2.24, 2.45) is 7.05 Å². The van der Waals surface area contributed by atoms with Gasteiger partial charge >= 0.3 is 0 Å². The van der Waals surface area contributed by atoms with Crippen LogP contribution in [0.4, 0.5) is 0 Å². The van der Waals surface area contributed by atoms with Gasteiger partial charge in [-0.15, -0.1) is 5.10 Å². The minimum Gasteiger partial charge on any atom is -0.386 e. The van der Waals surface area contributed by atoms with Gasteiger partial charge in [-0.25, -0.2) is 4.68 Å². The van der Waals surface area contributed by atoms with Crippen molar-refractivity contribution in [3.63, 3.8) is 0 Å². The predicted molar refractivity (Wildman–Crippen MR) is 60.8 cm³/mol. The van der Waals surface area contributed by atoms with Crippen molar-refractivity contribution < 1.29 is 5.11 Å². The van der Waals surface area contributed by atoms with Crippen molar-refractivity contribution in [3.8, 4) is 0 Å². The van der Waals surface area contributed by atoms with Crippen molar-refractivity contribution in [1.29, 1.82) is 0 Å². The Kier molecular flexibility index (Phi) is 3.01. The average Bonchev–Trinajstić information content (AvgIpc) is 2.75. The summed E-state index contributed by atoms with van der Waals surface area (Å²) >= 11 is 0. The molecule has 0 saturated carbocycles. The monoisotopic (exact) mass is 217 g/mol. The third kappa shape index (κ3) is 1.97. The molecule has 1 aromatic heterocycles. The summed E-state index contributed by atoms with van der Waals surface area (Å²) in [5.41, 5.74) is 1.84. The zero-order valence-corrected chi connectivity index (χ0v) is 9.41. The molecule has 2 unspecified atom stereocenters. The standard InChI is InChI=1S/C12H15N3O/c1-9(10-6-4-3-5-7-10)12(16)11-8-13-14-15(11)2/h3-9,12,16H,1-2H3. The molecule has 84 valence electrons. The van der Waals surface area contributed by atoms with Gasteiger partial charge in [0.1, 0.15) is 6.10 Å². The Morgan fingerprint density at radius 3 is 2.50 bits per heavy atom. The molecule has 0 fully saturated rings. The van der Waals surface area contributed by atoms with Crippen LogP contribution < -0.4 is 0 Å². The molecule has 2 atom stereocenters. The number of nitrogens with zero attached hydrogens (tertiary/aromatic N) is 3. The maximum absolute atomic E-state index is 10.2. The highest BCUT2D eigenvalue weighted by molar-refractivity contribution is 5.22. The summed E-state index contributed by atoms with van der Waals surface area (Å²) in [5.74, 6) is 0.0263. The van der Waals surface area contributed by atoms with Gasteiger partial charge in [0, 0.05) is 13.0 Å². The fraction of sp³-hybridized carbons (Fsp3) is 0.333. The van der Waals surface area contributed by atoms with E-state index in [-0.39, 0.29) is 5.92 Å². The number of hydrogen-bond acceptors (Lipinski definition) is 3. The van der Waals surface area contributed by atoms with Gasteiger partial charge in [0.05, 0.1) is 11.9 Å². The predicted octanol–water partition coefficient (Wildman–Crippen LogP) is 1.65. The second-order valence-corrected chi connectivity index (χ2v) is 3.93.